The highest BCUT2D eigenvalue weighted by atomic mass is 32.2. The van der Waals surface area contributed by atoms with Crippen LogP contribution >= 0.6 is 0 Å². The van der Waals surface area contributed by atoms with Crippen molar-refractivity contribution in [2.75, 3.05) is 36.6 Å². The lowest BCUT2D eigenvalue weighted by molar-refractivity contribution is -0.140. The lowest BCUT2D eigenvalue weighted by Gasteiger charge is -2.24. The van der Waals surface area contributed by atoms with Crippen molar-refractivity contribution in [3.8, 4) is 11.8 Å². The Balaban J connectivity index is 1.59. The van der Waals surface area contributed by atoms with Crippen LogP contribution in [-0.2, 0) is 21.1 Å². The average molecular weight is 524 g/mol. The molecule has 1 fully saturated rings. The number of hydrogen-bond donors (Lipinski definition) is 2. The minimum Gasteiger partial charge on any atom is -0.382 e. The Hall–Kier alpha value is -3.23. The van der Waals surface area contributed by atoms with Gasteiger partial charge in [0.1, 0.15) is 12.4 Å². The van der Waals surface area contributed by atoms with Gasteiger partial charge in [-0.1, -0.05) is 12.0 Å². The number of ether oxygens (including phenoxy) is 1. The zero-order valence-electron chi connectivity index (χ0n) is 19.5. The van der Waals surface area contributed by atoms with Crippen molar-refractivity contribution in [3.05, 3.63) is 54.0 Å². The molecule has 11 heteroatoms. The minimum atomic E-state index is -4.45. The van der Waals surface area contributed by atoms with E-state index in [1.807, 2.05) is 6.07 Å². The van der Waals surface area contributed by atoms with Gasteiger partial charge in [0.2, 0.25) is 0 Å². The Kier molecular flexibility index (Phi) is 7.47. The van der Waals surface area contributed by atoms with Gasteiger partial charge in [-0.05, 0) is 55.2 Å². The van der Waals surface area contributed by atoms with Crippen LogP contribution in [0, 0.1) is 17.7 Å². The molecule has 4 rings (SSSR count). The van der Waals surface area contributed by atoms with Crippen molar-refractivity contribution >= 4 is 32.1 Å². The van der Waals surface area contributed by atoms with Gasteiger partial charge < -0.3 is 19.9 Å². The predicted molar refractivity (Wildman–Crippen MR) is 130 cm³/mol. The third kappa shape index (κ3) is 6.30. The number of nitrogens with one attached hydrogen (secondary N) is 2. The van der Waals surface area contributed by atoms with E-state index in [0.29, 0.717) is 24.1 Å². The molecule has 1 aliphatic heterocycles. The third-order valence-electron chi connectivity index (χ3n) is 5.82. The van der Waals surface area contributed by atoms with Crippen LogP contribution in [0.1, 0.15) is 18.5 Å². The van der Waals surface area contributed by atoms with E-state index in [2.05, 4.69) is 22.5 Å². The Morgan fingerprint density at radius 1 is 1.11 bits per heavy atom. The van der Waals surface area contributed by atoms with Crippen molar-refractivity contribution < 1.29 is 30.7 Å². The summed E-state index contributed by atoms with van der Waals surface area (Å²) < 4.78 is 84.0. The number of hydrogen-bond acceptors (Lipinski definition) is 5. The van der Waals surface area contributed by atoms with Crippen molar-refractivity contribution in [2.24, 2.45) is 0 Å². The van der Waals surface area contributed by atoms with Crippen LogP contribution in [0.15, 0.2) is 47.4 Å². The molecule has 0 bridgehead atoms. The van der Waals surface area contributed by atoms with E-state index in [1.165, 1.54) is 12.1 Å². The molecule has 6 nitrogen and oxygen atoms in total. The summed E-state index contributed by atoms with van der Waals surface area (Å²) in [5.74, 6) is 4.74. The fourth-order valence-corrected chi connectivity index (χ4v) is 4.70. The summed E-state index contributed by atoms with van der Waals surface area (Å²) in [6.45, 7) is 0.000175. The van der Waals surface area contributed by atoms with Gasteiger partial charge in [0.25, 0.3) is 0 Å². The summed E-state index contributed by atoms with van der Waals surface area (Å²) in [6.07, 6.45) is -1.86. The van der Waals surface area contributed by atoms with E-state index in [0.717, 1.165) is 35.4 Å². The SMILES string of the molecule is CS(=O)(=O)c1ccc(NCC#Cc2cc3c(NC4CCOCC4)cccc3n2CC(F)(F)F)c(F)c1. The summed E-state index contributed by atoms with van der Waals surface area (Å²) in [6, 6.07) is 10.4. The second-order valence-corrected chi connectivity index (χ2v) is 10.6. The second kappa shape index (κ2) is 10.4. The lowest BCUT2D eigenvalue weighted by atomic mass is 10.1. The number of alkyl halides is 3. The maximum absolute atomic E-state index is 14.2. The highest BCUT2D eigenvalue weighted by Gasteiger charge is 2.30. The molecule has 0 amide bonds. The first kappa shape index (κ1) is 25.9. The fourth-order valence-electron chi connectivity index (χ4n) is 4.07. The molecule has 0 radical (unpaired) electrons. The number of anilines is 2. The Bertz CT molecular complexity index is 1420. The number of fused-ring (bicyclic) bond motifs is 1. The van der Waals surface area contributed by atoms with E-state index in [4.69, 9.17) is 4.74 Å². The van der Waals surface area contributed by atoms with Gasteiger partial charge >= 0.3 is 6.18 Å². The predicted octanol–water partition coefficient (Wildman–Crippen LogP) is 4.80. The summed E-state index contributed by atoms with van der Waals surface area (Å²) in [4.78, 5) is -0.154. The first-order valence-electron chi connectivity index (χ1n) is 11.3. The highest BCUT2D eigenvalue weighted by molar-refractivity contribution is 7.90. The van der Waals surface area contributed by atoms with E-state index >= 15 is 0 Å². The van der Waals surface area contributed by atoms with Gasteiger partial charge in [-0.25, -0.2) is 12.8 Å². The van der Waals surface area contributed by atoms with Crippen molar-refractivity contribution in [2.45, 2.75) is 36.5 Å². The van der Waals surface area contributed by atoms with Gasteiger partial charge in [-0.2, -0.15) is 13.2 Å². The molecule has 0 atom stereocenters. The van der Waals surface area contributed by atoms with Crippen LogP contribution in [-0.4, -0.2) is 51.2 Å². The van der Waals surface area contributed by atoms with Gasteiger partial charge in [0.05, 0.1) is 28.3 Å². The molecule has 0 aliphatic carbocycles. The molecule has 1 saturated heterocycles. The largest absolute Gasteiger partial charge is 0.406 e. The summed E-state index contributed by atoms with van der Waals surface area (Å²) in [7, 11) is -3.55. The molecule has 0 unspecified atom stereocenters. The Labute approximate surface area is 206 Å². The molecule has 1 aliphatic rings. The maximum atomic E-state index is 14.2. The Morgan fingerprint density at radius 3 is 2.53 bits per heavy atom. The number of nitrogens with zero attached hydrogens (tertiary/aromatic N) is 1. The van der Waals surface area contributed by atoms with E-state index in [-0.39, 0.29) is 28.9 Å². The molecule has 0 saturated carbocycles. The van der Waals surface area contributed by atoms with Crippen LogP contribution in [0.2, 0.25) is 0 Å². The quantitative estimate of drug-likeness (QED) is 0.359. The van der Waals surface area contributed by atoms with Gasteiger partial charge in [0, 0.05) is 36.6 Å². The van der Waals surface area contributed by atoms with Crippen molar-refractivity contribution in [1.29, 1.82) is 0 Å². The second-order valence-electron chi connectivity index (χ2n) is 8.57. The zero-order valence-corrected chi connectivity index (χ0v) is 20.3. The van der Waals surface area contributed by atoms with Crippen LogP contribution in [0.4, 0.5) is 28.9 Å². The Morgan fingerprint density at radius 2 is 1.86 bits per heavy atom. The summed E-state index contributed by atoms with van der Waals surface area (Å²) in [5.41, 5.74) is 1.35. The third-order valence-corrected chi connectivity index (χ3v) is 6.93. The molecule has 0 spiro atoms. The molecular formula is C25H25F4N3O3S. The molecule has 2 N–H and O–H groups in total. The van der Waals surface area contributed by atoms with Crippen LogP contribution < -0.4 is 10.6 Å². The van der Waals surface area contributed by atoms with Gasteiger partial charge in [0.15, 0.2) is 9.84 Å². The molecule has 3 aromatic rings. The first-order valence-corrected chi connectivity index (χ1v) is 13.2. The first-order chi connectivity index (χ1) is 17.0. The zero-order chi connectivity index (χ0) is 25.9. The topological polar surface area (TPSA) is 72.4 Å². The van der Waals surface area contributed by atoms with Crippen molar-refractivity contribution in [1.82, 2.24) is 4.57 Å². The molecule has 2 aromatic carbocycles. The number of benzene rings is 2. The molecular weight excluding hydrogens is 498 g/mol. The maximum Gasteiger partial charge on any atom is 0.406 e. The average Bonchev–Trinajstić information content (AvgIpc) is 3.14. The normalized spacial score (nSPS) is 14.9. The van der Waals surface area contributed by atoms with E-state index < -0.39 is 28.4 Å². The molecule has 2 heterocycles. The van der Waals surface area contributed by atoms with E-state index in [9.17, 15) is 26.0 Å². The monoisotopic (exact) mass is 523 g/mol. The molecule has 192 valence electrons. The summed E-state index contributed by atoms with van der Waals surface area (Å²) >= 11 is 0. The number of rotatable bonds is 6. The standard InChI is InChI=1S/C25H25F4N3O3S/c1-36(33,34)19-7-8-23(21(26)15-19)30-11-3-4-18-14-20-22(31-17-9-12-35-13-10-17)5-2-6-24(20)32(18)16-25(27,28)29/h2,5-8,14-15,17,30-31H,9-13,16H2,1H3. The smallest absolute Gasteiger partial charge is 0.382 e. The summed E-state index contributed by atoms with van der Waals surface area (Å²) in [5, 5.41) is 6.78. The number of aromatic nitrogens is 1. The fraction of sp³-hybridized carbons (Fsp3) is 0.360. The van der Waals surface area contributed by atoms with Gasteiger partial charge in [-0.3, -0.25) is 0 Å². The van der Waals surface area contributed by atoms with Crippen LogP contribution in [0.5, 0.6) is 0 Å². The van der Waals surface area contributed by atoms with Crippen LogP contribution in [0.25, 0.3) is 10.9 Å². The highest BCUT2D eigenvalue weighted by Crippen LogP contribution is 2.31. The minimum absolute atomic E-state index is 0.0375. The lowest BCUT2D eigenvalue weighted by Crippen LogP contribution is -2.27. The van der Waals surface area contributed by atoms with Crippen LogP contribution in [0.3, 0.4) is 0 Å². The number of sulfone groups is 1. The van der Waals surface area contributed by atoms with Crippen molar-refractivity contribution in [3.63, 3.8) is 0 Å². The molecule has 36 heavy (non-hydrogen) atoms. The van der Waals surface area contributed by atoms with Gasteiger partial charge in [-0.15, -0.1) is 0 Å². The molecule has 1 aromatic heterocycles. The van der Waals surface area contributed by atoms with E-state index in [1.54, 1.807) is 18.2 Å². The number of halogens is 4.